The minimum atomic E-state index is 0.898. The summed E-state index contributed by atoms with van der Waals surface area (Å²) in [5.41, 5.74) is 7.81. The van der Waals surface area contributed by atoms with E-state index in [1.54, 1.807) is 11.8 Å². The molecule has 2 heterocycles. The first-order valence-corrected chi connectivity index (χ1v) is 9.93. The van der Waals surface area contributed by atoms with E-state index < -0.39 is 0 Å². The summed E-state index contributed by atoms with van der Waals surface area (Å²) in [6.07, 6.45) is 0. The number of hydrogen-bond donors (Lipinski definition) is 1. The zero-order valence-electron chi connectivity index (χ0n) is 14.8. The van der Waals surface area contributed by atoms with Crippen molar-refractivity contribution < 1.29 is 0 Å². The fourth-order valence-electron chi connectivity index (χ4n) is 3.59. The minimum absolute atomic E-state index is 0.898. The molecule has 3 nitrogen and oxygen atoms in total. The molecule has 4 aromatic carbocycles. The molecule has 0 aliphatic carbocycles. The number of nitrogens with one attached hydrogen (secondary N) is 1. The Morgan fingerprint density at radius 3 is 2.39 bits per heavy atom. The molecule has 0 atom stereocenters. The van der Waals surface area contributed by atoms with Gasteiger partial charge in [0.25, 0.3) is 0 Å². The SMILES string of the molecule is [c]1c(-c2cccc3nc4ccccc4nc23)ccc2c1Nc1ccccc1S2. The molecule has 0 unspecified atom stereocenters. The maximum Gasteiger partial charge on any atom is 0.0973 e. The van der Waals surface area contributed by atoms with Gasteiger partial charge in [-0.25, -0.2) is 9.97 Å². The first kappa shape index (κ1) is 15.7. The third-order valence-electron chi connectivity index (χ3n) is 4.93. The summed E-state index contributed by atoms with van der Waals surface area (Å²) >= 11 is 1.77. The van der Waals surface area contributed by atoms with E-state index in [4.69, 9.17) is 9.97 Å². The highest BCUT2D eigenvalue weighted by atomic mass is 32.2. The van der Waals surface area contributed by atoms with Crippen LogP contribution in [0.2, 0.25) is 0 Å². The van der Waals surface area contributed by atoms with Gasteiger partial charge in [-0.2, -0.15) is 0 Å². The normalized spacial score (nSPS) is 12.4. The van der Waals surface area contributed by atoms with Crippen LogP contribution >= 0.6 is 11.8 Å². The molecule has 0 saturated heterocycles. The standard InChI is InChI=1S/C24H14N3S/c1-2-8-18-17(7-1)25-20-10-5-6-16(24(20)27-18)15-12-13-23-21(14-15)26-19-9-3-4-11-22(19)28-23/h1-13,26H. The molecular formula is C24H14N3S. The van der Waals surface area contributed by atoms with E-state index in [-0.39, 0.29) is 0 Å². The predicted octanol–water partition coefficient (Wildman–Crippen LogP) is 6.46. The van der Waals surface area contributed by atoms with Crippen molar-refractivity contribution in [3.63, 3.8) is 0 Å². The first-order valence-electron chi connectivity index (χ1n) is 9.11. The van der Waals surface area contributed by atoms with Crippen molar-refractivity contribution in [1.82, 2.24) is 9.97 Å². The molecule has 6 rings (SSSR count). The number of hydrogen-bond acceptors (Lipinski definition) is 4. The summed E-state index contributed by atoms with van der Waals surface area (Å²) in [6.45, 7) is 0. The molecule has 0 saturated carbocycles. The zero-order chi connectivity index (χ0) is 18.5. The largest absolute Gasteiger partial charge is 0.353 e. The van der Waals surface area contributed by atoms with Gasteiger partial charge >= 0.3 is 0 Å². The third kappa shape index (κ3) is 2.46. The lowest BCUT2D eigenvalue weighted by Gasteiger charge is -2.21. The van der Waals surface area contributed by atoms with E-state index in [0.29, 0.717) is 0 Å². The Hall–Kier alpha value is -3.37. The summed E-state index contributed by atoms with van der Waals surface area (Å²) in [6, 6.07) is 30.3. The molecule has 1 aromatic heterocycles. The number of para-hydroxylation sites is 4. The minimum Gasteiger partial charge on any atom is -0.353 e. The van der Waals surface area contributed by atoms with Crippen LogP contribution in [-0.2, 0) is 0 Å². The number of aromatic nitrogens is 2. The van der Waals surface area contributed by atoms with Gasteiger partial charge in [0.15, 0.2) is 0 Å². The molecule has 0 amide bonds. The van der Waals surface area contributed by atoms with Crippen LogP contribution < -0.4 is 5.32 Å². The van der Waals surface area contributed by atoms with Crippen LogP contribution in [0.4, 0.5) is 11.4 Å². The Bertz CT molecular complexity index is 1380. The van der Waals surface area contributed by atoms with Gasteiger partial charge in [-0.3, -0.25) is 0 Å². The molecule has 5 aromatic rings. The van der Waals surface area contributed by atoms with Crippen LogP contribution in [0.1, 0.15) is 0 Å². The highest BCUT2D eigenvalue weighted by Gasteiger charge is 2.17. The van der Waals surface area contributed by atoms with Crippen LogP contribution in [-0.4, -0.2) is 9.97 Å². The Balaban J connectivity index is 1.52. The number of rotatable bonds is 1. The van der Waals surface area contributed by atoms with Crippen molar-refractivity contribution in [2.24, 2.45) is 0 Å². The van der Waals surface area contributed by atoms with Crippen molar-refractivity contribution in [3.8, 4) is 11.1 Å². The van der Waals surface area contributed by atoms with E-state index in [2.05, 4.69) is 47.8 Å². The van der Waals surface area contributed by atoms with Gasteiger partial charge in [0, 0.05) is 21.4 Å². The second-order valence-corrected chi connectivity index (χ2v) is 7.80. The van der Waals surface area contributed by atoms with Crippen LogP contribution in [0.25, 0.3) is 33.2 Å². The fraction of sp³-hybridized carbons (Fsp3) is 0. The summed E-state index contributed by atoms with van der Waals surface area (Å²) in [7, 11) is 0. The quantitative estimate of drug-likeness (QED) is 0.334. The molecule has 1 N–H and O–H groups in total. The lowest BCUT2D eigenvalue weighted by molar-refractivity contribution is 1.31. The third-order valence-corrected chi connectivity index (χ3v) is 6.07. The van der Waals surface area contributed by atoms with Crippen molar-refractivity contribution >= 4 is 45.2 Å². The number of fused-ring (bicyclic) bond motifs is 4. The smallest absolute Gasteiger partial charge is 0.0973 e. The number of benzene rings is 4. The van der Waals surface area contributed by atoms with Crippen molar-refractivity contribution in [3.05, 3.63) is 84.9 Å². The Kier molecular flexibility index (Phi) is 3.40. The van der Waals surface area contributed by atoms with Gasteiger partial charge in [-0.05, 0) is 42.0 Å². The van der Waals surface area contributed by atoms with Gasteiger partial charge in [-0.15, -0.1) is 0 Å². The number of nitrogens with zero attached hydrogens (tertiary/aromatic N) is 2. The van der Waals surface area contributed by atoms with Gasteiger partial charge in [0.2, 0.25) is 0 Å². The fourth-order valence-corrected chi connectivity index (χ4v) is 4.54. The van der Waals surface area contributed by atoms with Gasteiger partial charge < -0.3 is 5.32 Å². The Labute approximate surface area is 166 Å². The molecule has 1 radical (unpaired) electrons. The summed E-state index contributed by atoms with van der Waals surface area (Å²) in [4.78, 5) is 12.1. The molecule has 0 bridgehead atoms. The average Bonchev–Trinajstić information content (AvgIpc) is 2.75. The van der Waals surface area contributed by atoms with Crippen LogP contribution in [0, 0.1) is 6.07 Å². The van der Waals surface area contributed by atoms with Crippen molar-refractivity contribution in [2.45, 2.75) is 9.79 Å². The van der Waals surface area contributed by atoms with Gasteiger partial charge in [-0.1, -0.05) is 54.2 Å². The van der Waals surface area contributed by atoms with Crippen LogP contribution in [0.5, 0.6) is 0 Å². The lowest BCUT2D eigenvalue weighted by atomic mass is 10.0. The highest BCUT2D eigenvalue weighted by Crippen LogP contribution is 2.45. The lowest BCUT2D eigenvalue weighted by Crippen LogP contribution is -2.00. The Morgan fingerprint density at radius 1 is 0.679 bits per heavy atom. The van der Waals surface area contributed by atoms with Gasteiger partial charge in [0.1, 0.15) is 0 Å². The molecule has 0 spiro atoms. The number of anilines is 2. The molecular weight excluding hydrogens is 362 g/mol. The summed E-state index contributed by atoms with van der Waals surface area (Å²) in [5.74, 6) is 0. The van der Waals surface area contributed by atoms with Crippen LogP contribution in [0.15, 0.2) is 88.7 Å². The monoisotopic (exact) mass is 376 g/mol. The maximum atomic E-state index is 4.89. The van der Waals surface area contributed by atoms with Crippen molar-refractivity contribution in [1.29, 1.82) is 0 Å². The highest BCUT2D eigenvalue weighted by molar-refractivity contribution is 7.99. The molecule has 4 heteroatoms. The molecule has 1 aliphatic rings. The second kappa shape index (κ2) is 6.08. The first-order chi connectivity index (χ1) is 13.8. The van der Waals surface area contributed by atoms with E-state index >= 15 is 0 Å². The Morgan fingerprint density at radius 2 is 1.46 bits per heavy atom. The average molecular weight is 376 g/mol. The summed E-state index contributed by atoms with van der Waals surface area (Å²) in [5, 5.41) is 3.52. The topological polar surface area (TPSA) is 37.8 Å². The molecule has 1 aliphatic heterocycles. The second-order valence-electron chi connectivity index (χ2n) is 6.72. The van der Waals surface area contributed by atoms with E-state index in [1.165, 1.54) is 9.79 Å². The molecule has 28 heavy (non-hydrogen) atoms. The predicted molar refractivity (Wildman–Crippen MR) is 115 cm³/mol. The van der Waals surface area contributed by atoms with E-state index in [9.17, 15) is 0 Å². The maximum absolute atomic E-state index is 4.89. The molecule has 131 valence electrons. The summed E-state index contributed by atoms with van der Waals surface area (Å²) < 4.78 is 0. The van der Waals surface area contributed by atoms with E-state index in [0.717, 1.165) is 44.6 Å². The zero-order valence-corrected chi connectivity index (χ0v) is 15.6. The van der Waals surface area contributed by atoms with Crippen LogP contribution in [0.3, 0.4) is 0 Å². The van der Waals surface area contributed by atoms with E-state index in [1.807, 2.05) is 42.5 Å². The van der Waals surface area contributed by atoms with Gasteiger partial charge in [0.05, 0.1) is 33.4 Å². The van der Waals surface area contributed by atoms with Crippen molar-refractivity contribution in [2.75, 3.05) is 5.32 Å². The molecule has 0 fully saturated rings.